The van der Waals surface area contributed by atoms with Gasteiger partial charge >= 0.3 is 0 Å². The van der Waals surface area contributed by atoms with Gasteiger partial charge < -0.3 is 9.42 Å². The SMILES string of the molecule is CCSCCOP(O)SCC. The maximum atomic E-state index is 9.14. The highest BCUT2D eigenvalue weighted by molar-refractivity contribution is 8.52. The highest BCUT2D eigenvalue weighted by Crippen LogP contribution is 2.46. The Kier molecular flexibility index (Phi) is 10.0. The smallest absolute Gasteiger partial charge is 0.235 e. The molecule has 0 saturated carbocycles. The van der Waals surface area contributed by atoms with E-state index in [2.05, 4.69) is 6.92 Å². The van der Waals surface area contributed by atoms with Crippen LogP contribution in [0.25, 0.3) is 0 Å². The Labute approximate surface area is 78.1 Å². The monoisotopic (exact) mass is 214 g/mol. The maximum absolute atomic E-state index is 9.14. The largest absolute Gasteiger partial charge is 0.342 e. The molecule has 0 bridgehead atoms. The first-order valence-corrected chi connectivity index (χ1v) is 7.59. The molecule has 0 heterocycles. The Morgan fingerprint density at radius 2 is 2.09 bits per heavy atom. The van der Waals surface area contributed by atoms with Crippen LogP contribution >= 0.6 is 30.7 Å². The number of thioether (sulfide) groups is 1. The molecule has 5 heteroatoms. The van der Waals surface area contributed by atoms with Gasteiger partial charge in [0, 0.05) is 5.75 Å². The number of hydrogen-bond acceptors (Lipinski definition) is 4. The molecule has 0 spiro atoms. The molecule has 0 aromatic carbocycles. The van der Waals surface area contributed by atoms with Gasteiger partial charge in [-0.15, -0.1) is 0 Å². The molecule has 0 saturated heterocycles. The third kappa shape index (κ3) is 8.96. The lowest BCUT2D eigenvalue weighted by molar-refractivity contribution is 0.346. The zero-order valence-electron chi connectivity index (χ0n) is 6.95. The summed E-state index contributed by atoms with van der Waals surface area (Å²) in [5.74, 6) is 3.02. The summed E-state index contributed by atoms with van der Waals surface area (Å²) in [6.45, 7) is 4.81. The van der Waals surface area contributed by atoms with E-state index in [4.69, 9.17) is 9.42 Å². The van der Waals surface area contributed by atoms with Crippen LogP contribution in [-0.4, -0.2) is 28.8 Å². The lowest BCUT2D eigenvalue weighted by Gasteiger charge is -2.07. The minimum Gasteiger partial charge on any atom is -0.342 e. The fourth-order valence-corrected chi connectivity index (χ4v) is 2.73. The lowest BCUT2D eigenvalue weighted by atomic mass is 10.9. The molecule has 2 nitrogen and oxygen atoms in total. The minimum absolute atomic E-state index is 0.674. The van der Waals surface area contributed by atoms with Crippen LogP contribution in [-0.2, 0) is 4.52 Å². The summed E-state index contributed by atoms with van der Waals surface area (Å²) in [5, 5.41) is 0. The molecule has 0 aliphatic heterocycles. The molecule has 0 aromatic heterocycles. The molecule has 0 aliphatic carbocycles. The van der Waals surface area contributed by atoms with Crippen LogP contribution in [0.3, 0.4) is 0 Å². The molecule has 0 aliphatic rings. The molecule has 68 valence electrons. The van der Waals surface area contributed by atoms with Crippen LogP contribution in [0.15, 0.2) is 0 Å². The van der Waals surface area contributed by atoms with Gasteiger partial charge in [0.05, 0.1) is 6.61 Å². The van der Waals surface area contributed by atoms with Gasteiger partial charge in [-0.2, -0.15) is 11.8 Å². The number of hydrogen-bond donors (Lipinski definition) is 1. The zero-order valence-corrected chi connectivity index (χ0v) is 9.48. The van der Waals surface area contributed by atoms with Crippen LogP contribution in [0.2, 0.25) is 0 Å². The van der Waals surface area contributed by atoms with Crippen LogP contribution in [0.4, 0.5) is 0 Å². The predicted octanol–water partition coefficient (Wildman–Crippen LogP) is 2.73. The summed E-state index contributed by atoms with van der Waals surface area (Å²) >= 11 is 3.31. The van der Waals surface area contributed by atoms with Crippen LogP contribution in [0.5, 0.6) is 0 Å². The second kappa shape index (κ2) is 9.14. The average Bonchev–Trinajstić information content (AvgIpc) is 1.99. The van der Waals surface area contributed by atoms with Crippen LogP contribution in [0.1, 0.15) is 13.8 Å². The van der Waals surface area contributed by atoms with Crippen molar-refractivity contribution in [3.05, 3.63) is 0 Å². The van der Waals surface area contributed by atoms with Crippen molar-refractivity contribution in [2.75, 3.05) is 23.9 Å². The summed E-state index contributed by atoms with van der Waals surface area (Å²) < 4.78 is 5.15. The van der Waals surface area contributed by atoms with E-state index in [1.165, 1.54) is 11.4 Å². The molecular formula is C6H15O2PS2. The van der Waals surface area contributed by atoms with Crippen molar-refractivity contribution in [3.8, 4) is 0 Å². The van der Waals surface area contributed by atoms with E-state index in [0.717, 1.165) is 17.3 Å². The van der Waals surface area contributed by atoms with Gasteiger partial charge in [0.25, 0.3) is 0 Å². The maximum Gasteiger partial charge on any atom is 0.235 e. The van der Waals surface area contributed by atoms with Gasteiger partial charge in [-0.1, -0.05) is 25.2 Å². The molecule has 0 rings (SSSR count). The zero-order chi connectivity index (χ0) is 8.53. The van der Waals surface area contributed by atoms with Crippen molar-refractivity contribution in [2.45, 2.75) is 13.8 Å². The topological polar surface area (TPSA) is 29.5 Å². The van der Waals surface area contributed by atoms with Crippen LogP contribution in [0, 0.1) is 0 Å². The van der Waals surface area contributed by atoms with Gasteiger partial charge in [-0.05, 0) is 11.5 Å². The molecular weight excluding hydrogens is 199 g/mol. The Morgan fingerprint density at radius 1 is 1.36 bits per heavy atom. The first kappa shape index (κ1) is 12.0. The first-order valence-electron chi connectivity index (χ1n) is 3.63. The first-order chi connectivity index (χ1) is 5.31. The van der Waals surface area contributed by atoms with E-state index >= 15 is 0 Å². The van der Waals surface area contributed by atoms with E-state index in [-0.39, 0.29) is 0 Å². The van der Waals surface area contributed by atoms with Gasteiger partial charge in [-0.3, -0.25) is 0 Å². The van der Waals surface area contributed by atoms with E-state index in [1.807, 2.05) is 18.7 Å². The molecule has 1 unspecified atom stereocenters. The van der Waals surface area contributed by atoms with Gasteiger partial charge in [0.1, 0.15) is 0 Å². The van der Waals surface area contributed by atoms with Gasteiger partial charge in [0.15, 0.2) is 0 Å². The fourth-order valence-electron chi connectivity index (χ4n) is 0.466. The van der Waals surface area contributed by atoms with E-state index in [9.17, 15) is 0 Å². The Bertz CT molecular complexity index is 85.0. The Hall–Kier alpha value is 1.05. The van der Waals surface area contributed by atoms with Crippen molar-refractivity contribution >= 4 is 30.7 Å². The van der Waals surface area contributed by atoms with Crippen molar-refractivity contribution in [2.24, 2.45) is 0 Å². The molecule has 0 fully saturated rings. The highest BCUT2D eigenvalue weighted by Gasteiger charge is 2.02. The van der Waals surface area contributed by atoms with Crippen LogP contribution < -0.4 is 0 Å². The molecule has 11 heavy (non-hydrogen) atoms. The standard InChI is InChI=1S/C6H15O2PS2/c1-3-10-6-5-8-9(7)11-4-2/h7H,3-6H2,1-2H3. The normalized spacial score (nSPS) is 13.4. The summed E-state index contributed by atoms with van der Waals surface area (Å²) in [5.41, 5.74) is 0. The van der Waals surface area contributed by atoms with Crippen molar-refractivity contribution in [1.29, 1.82) is 0 Å². The number of rotatable bonds is 7. The Balaban J connectivity index is 2.97. The summed E-state index contributed by atoms with van der Waals surface area (Å²) in [4.78, 5) is 9.14. The van der Waals surface area contributed by atoms with E-state index in [0.29, 0.717) is 6.61 Å². The second-order valence-corrected chi connectivity index (χ2v) is 6.36. The van der Waals surface area contributed by atoms with Crippen molar-refractivity contribution < 1.29 is 9.42 Å². The summed E-state index contributed by atoms with van der Waals surface area (Å²) in [7, 11) is -1.19. The Morgan fingerprint density at radius 3 is 2.64 bits per heavy atom. The van der Waals surface area contributed by atoms with Gasteiger partial charge in [0.2, 0.25) is 7.58 Å². The fraction of sp³-hybridized carbons (Fsp3) is 1.00. The molecule has 0 radical (unpaired) electrons. The third-order valence-corrected chi connectivity index (χ3v) is 4.37. The third-order valence-electron chi connectivity index (χ3n) is 0.873. The highest BCUT2D eigenvalue weighted by atomic mass is 32.7. The average molecular weight is 214 g/mol. The van der Waals surface area contributed by atoms with Crippen molar-refractivity contribution in [1.82, 2.24) is 0 Å². The molecule has 0 amide bonds. The summed E-state index contributed by atoms with van der Waals surface area (Å²) in [6.07, 6.45) is 0. The quantitative estimate of drug-likeness (QED) is 0.521. The van der Waals surface area contributed by atoms with Gasteiger partial charge in [-0.25, -0.2) is 0 Å². The molecule has 1 atom stereocenters. The second-order valence-electron chi connectivity index (χ2n) is 1.69. The minimum atomic E-state index is -1.19. The molecule has 0 aromatic rings. The summed E-state index contributed by atoms with van der Waals surface area (Å²) in [6, 6.07) is 0. The molecule has 1 N–H and O–H groups in total. The van der Waals surface area contributed by atoms with E-state index < -0.39 is 7.58 Å². The lowest BCUT2D eigenvalue weighted by Crippen LogP contribution is -1.91. The van der Waals surface area contributed by atoms with Crippen molar-refractivity contribution in [3.63, 3.8) is 0 Å². The van der Waals surface area contributed by atoms with E-state index in [1.54, 1.807) is 0 Å². The predicted molar refractivity (Wildman–Crippen MR) is 56.2 cm³/mol.